The molecule has 0 saturated heterocycles. The maximum atomic E-state index is 15.1. The first-order chi connectivity index (χ1) is 19.1. The Morgan fingerprint density at radius 3 is 2.25 bits per heavy atom. The molecule has 9 heteroatoms. The number of benzene rings is 4. The smallest absolute Gasteiger partial charge is 0.264 e. The van der Waals surface area contributed by atoms with Crippen LogP contribution in [0.4, 0.5) is 14.5 Å². The number of carbonyl (C=O) groups excluding carboxylic acids is 1. The molecule has 1 N–H and O–H groups in total. The predicted molar refractivity (Wildman–Crippen MR) is 154 cm³/mol. The number of hydrogen-bond donors (Lipinski definition) is 1. The third kappa shape index (κ3) is 6.69. The molecule has 0 radical (unpaired) electrons. The zero-order chi connectivity index (χ0) is 28.9. The summed E-state index contributed by atoms with van der Waals surface area (Å²) >= 11 is 5.96. The minimum atomic E-state index is -4.36. The monoisotopic (exact) mass is 582 g/mol. The van der Waals surface area contributed by atoms with Crippen molar-refractivity contribution < 1.29 is 22.0 Å². The second-order valence-electron chi connectivity index (χ2n) is 9.43. The van der Waals surface area contributed by atoms with Crippen molar-refractivity contribution in [2.45, 2.75) is 43.7 Å². The van der Waals surface area contributed by atoms with Gasteiger partial charge in [-0.2, -0.15) is 0 Å². The molecular weight excluding hydrogens is 554 g/mol. The highest BCUT2D eigenvalue weighted by Gasteiger charge is 2.33. The summed E-state index contributed by atoms with van der Waals surface area (Å²) in [4.78, 5) is 12.6. The van der Waals surface area contributed by atoms with Crippen molar-refractivity contribution in [1.82, 2.24) is 5.32 Å². The zero-order valence-corrected chi connectivity index (χ0v) is 23.6. The van der Waals surface area contributed by atoms with Gasteiger partial charge in [-0.25, -0.2) is 17.2 Å². The zero-order valence-electron chi connectivity index (χ0n) is 22.0. The molecule has 2 atom stereocenters. The molecule has 208 valence electrons. The van der Waals surface area contributed by atoms with Crippen molar-refractivity contribution in [2.75, 3.05) is 4.31 Å². The molecule has 0 fully saturated rings. The molecule has 0 saturated carbocycles. The Balaban J connectivity index is 1.65. The van der Waals surface area contributed by atoms with Crippen molar-refractivity contribution in [2.24, 2.45) is 0 Å². The molecule has 40 heavy (non-hydrogen) atoms. The van der Waals surface area contributed by atoms with E-state index < -0.39 is 33.4 Å². The van der Waals surface area contributed by atoms with Gasteiger partial charge in [-0.3, -0.25) is 9.10 Å². The molecule has 4 rings (SSSR count). The van der Waals surface area contributed by atoms with E-state index >= 15 is 4.39 Å². The van der Waals surface area contributed by atoms with Crippen LogP contribution in [0.1, 0.15) is 49.0 Å². The summed E-state index contributed by atoms with van der Waals surface area (Å²) in [5, 5.41) is 3.31. The van der Waals surface area contributed by atoms with Crippen molar-refractivity contribution in [3.8, 4) is 0 Å². The first-order valence-electron chi connectivity index (χ1n) is 12.7. The number of nitrogens with zero attached hydrogens (tertiary/aromatic N) is 1. The number of aryl methyl sites for hydroxylation is 1. The van der Waals surface area contributed by atoms with Gasteiger partial charge in [0.1, 0.15) is 11.6 Å². The van der Waals surface area contributed by atoms with Crippen molar-refractivity contribution in [3.05, 3.63) is 130 Å². The Bertz CT molecular complexity index is 1580. The van der Waals surface area contributed by atoms with Crippen LogP contribution in [0.5, 0.6) is 0 Å². The fourth-order valence-electron chi connectivity index (χ4n) is 4.60. The van der Waals surface area contributed by atoms with Crippen LogP contribution < -0.4 is 9.62 Å². The average Bonchev–Trinajstić information content (AvgIpc) is 2.94. The number of anilines is 1. The molecule has 0 aromatic heterocycles. The third-order valence-electron chi connectivity index (χ3n) is 6.67. The molecular formula is C31H29ClF2N2O3S. The van der Waals surface area contributed by atoms with E-state index in [9.17, 15) is 17.6 Å². The van der Waals surface area contributed by atoms with E-state index in [4.69, 9.17) is 11.6 Å². The number of rotatable bonds is 10. The second kappa shape index (κ2) is 12.6. The van der Waals surface area contributed by atoms with E-state index in [0.29, 0.717) is 22.6 Å². The topological polar surface area (TPSA) is 66.5 Å². The van der Waals surface area contributed by atoms with Crippen LogP contribution in [-0.2, 0) is 21.2 Å². The molecule has 0 aliphatic carbocycles. The second-order valence-corrected chi connectivity index (χ2v) is 11.7. The van der Waals surface area contributed by atoms with Crippen LogP contribution >= 0.6 is 11.6 Å². The molecule has 4 aromatic carbocycles. The van der Waals surface area contributed by atoms with Crippen molar-refractivity contribution in [1.29, 1.82) is 0 Å². The average molecular weight is 583 g/mol. The fraction of sp³-hybridized carbons (Fsp3) is 0.194. The lowest BCUT2D eigenvalue weighted by atomic mass is 9.97. The highest BCUT2D eigenvalue weighted by atomic mass is 35.5. The van der Waals surface area contributed by atoms with Gasteiger partial charge < -0.3 is 5.32 Å². The lowest BCUT2D eigenvalue weighted by molar-refractivity contribution is -0.121. The number of nitrogens with one attached hydrogen (secondary N) is 1. The minimum absolute atomic E-state index is 0.126. The summed E-state index contributed by atoms with van der Waals surface area (Å²) < 4.78 is 58.0. The van der Waals surface area contributed by atoms with Crippen LogP contribution in [0.25, 0.3) is 0 Å². The predicted octanol–water partition coefficient (Wildman–Crippen LogP) is 7.38. The van der Waals surface area contributed by atoms with Gasteiger partial charge in [0, 0.05) is 17.5 Å². The Kier molecular flexibility index (Phi) is 9.22. The van der Waals surface area contributed by atoms with Crippen molar-refractivity contribution >= 4 is 33.2 Å². The van der Waals surface area contributed by atoms with E-state index in [-0.39, 0.29) is 23.3 Å². The van der Waals surface area contributed by atoms with Crippen LogP contribution in [0.2, 0.25) is 5.02 Å². The van der Waals surface area contributed by atoms with Gasteiger partial charge in [-0.15, -0.1) is 0 Å². The standard InChI is InChI=1S/C31H29ClF2N2O3S/c1-21(23-8-4-3-5-9-23)35-31(37)19-12-24-10-6-7-11-28(24)22(2)36(30-20-26(33)15-18-29(30)34)40(38,39)27-16-13-25(32)14-17-27/h3-11,13-18,20-22H,12,19H2,1-2H3,(H,35,37)/t21?,22-/m1/s1. The van der Waals surface area contributed by atoms with Gasteiger partial charge in [0.25, 0.3) is 10.0 Å². The SMILES string of the molecule is CC(NC(=O)CCc1ccccc1[C@@H](C)N(c1cc(F)ccc1F)S(=O)(=O)c1ccc(Cl)cc1)c1ccccc1. The summed E-state index contributed by atoms with van der Waals surface area (Å²) in [5.41, 5.74) is 1.83. The molecule has 0 bridgehead atoms. The molecule has 5 nitrogen and oxygen atoms in total. The van der Waals surface area contributed by atoms with Crippen molar-refractivity contribution in [3.63, 3.8) is 0 Å². The van der Waals surface area contributed by atoms with E-state index in [2.05, 4.69) is 5.32 Å². The van der Waals surface area contributed by atoms with Crippen LogP contribution in [0.3, 0.4) is 0 Å². The molecule has 0 aliphatic rings. The first-order valence-corrected chi connectivity index (χ1v) is 14.6. The molecule has 1 unspecified atom stereocenters. The quantitative estimate of drug-likeness (QED) is 0.212. The van der Waals surface area contributed by atoms with Gasteiger partial charge in [0.15, 0.2) is 0 Å². The van der Waals surface area contributed by atoms with Crippen LogP contribution in [0.15, 0.2) is 102 Å². The van der Waals surface area contributed by atoms with Gasteiger partial charge in [0.05, 0.1) is 22.7 Å². The Labute approximate surface area is 238 Å². The number of sulfonamides is 1. The lowest BCUT2D eigenvalue weighted by Gasteiger charge is -2.32. The molecule has 4 aromatic rings. The largest absolute Gasteiger partial charge is 0.350 e. The number of hydrogen-bond acceptors (Lipinski definition) is 3. The summed E-state index contributed by atoms with van der Waals surface area (Å²) in [6.45, 7) is 3.50. The van der Waals surface area contributed by atoms with E-state index in [0.717, 1.165) is 28.1 Å². The normalized spacial score (nSPS) is 12.9. The third-order valence-corrected chi connectivity index (χ3v) is 8.82. The van der Waals surface area contributed by atoms with Crippen LogP contribution in [-0.4, -0.2) is 14.3 Å². The first kappa shape index (κ1) is 29.2. The summed E-state index contributed by atoms with van der Waals surface area (Å²) in [5.74, 6) is -1.84. The van der Waals surface area contributed by atoms with Crippen LogP contribution in [0, 0.1) is 11.6 Å². The lowest BCUT2D eigenvalue weighted by Crippen LogP contribution is -2.35. The highest BCUT2D eigenvalue weighted by molar-refractivity contribution is 7.92. The molecule has 0 spiro atoms. The minimum Gasteiger partial charge on any atom is -0.350 e. The van der Waals surface area contributed by atoms with Gasteiger partial charge in [0.2, 0.25) is 5.91 Å². The number of halogens is 3. The summed E-state index contributed by atoms with van der Waals surface area (Å²) in [6, 6.07) is 23.7. The van der Waals surface area contributed by atoms with Gasteiger partial charge in [-0.05, 0) is 73.4 Å². The maximum absolute atomic E-state index is 15.1. The van der Waals surface area contributed by atoms with E-state index in [1.165, 1.54) is 24.3 Å². The fourth-order valence-corrected chi connectivity index (χ4v) is 6.37. The van der Waals surface area contributed by atoms with E-state index in [1.54, 1.807) is 31.2 Å². The summed E-state index contributed by atoms with van der Waals surface area (Å²) in [7, 11) is -4.36. The highest BCUT2D eigenvalue weighted by Crippen LogP contribution is 2.37. The Hall–Kier alpha value is -3.75. The molecule has 0 heterocycles. The maximum Gasteiger partial charge on any atom is 0.264 e. The Morgan fingerprint density at radius 1 is 0.900 bits per heavy atom. The number of carbonyl (C=O) groups is 1. The summed E-state index contributed by atoms with van der Waals surface area (Å²) in [6.07, 6.45) is 0.466. The Morgan fingerprint density at radius 2 is 1.55 bits per heavy atom. The molecule has 1 amide bonds. The van der Waals surface area contributed by atoms with Gasteiger partial charge >= 0.3 is 0 Å². The van der Waals surface area contributed by atoms with E-state index in [1.807, 2.05) is 37.3 Å². The molecule has 0 aliphatic heterocycles. The number of amides is 1. The van der Waals surface area contributed by atoms with Gasteiger partial charge in [-0.1, -0.05) is 66.2 Å².